The van der Waals surface area contributed by atoms with Crippen molar-refractivity contribution < 1.29 is 14.0 Å². The Morgan fingerprint density at radius 2 is 1.67 bits per heavy atom. The first kappa shape index (κ1) is 22.1. The molecule has 0 saturated heterocycles. The Kier molecular flexibility index (Phi) is 5.74. The number of rotatable bonds is 6. The van der Waals surface area contributed by atoms with Crippen molar-refractivity contribution in [2.45, 2.75) is 83.5 Å². The van der Waals surface area contributed by atoms with Gasteiger partial charge in [-0.1, -0.05) is 81.2 Å². The monoisotopic (exact) mass is 404 g/mol. The lowest BCUT2D eigenvalue weighted by Gasteiger charge is -2.40. The molecule has 3 nitrogen and oxygen atoms in total. The smallest absolute Gasteiger partial charge is 0.303 e. The SMILES string of the molecule is CC(=O)OC1(C)C[C@@]1(/C=C/[Si](C)(C)c1ccccc1)O[Si](C)(C)C(C)(C)C. The average molecular weight is 405 g/mol. The molecule has 1 aromatic carbocycles. The minimum atomic E-state index is -2.02. The van der Waals surface area contributed by atoms with E-state index in [0.29, 0.717) is 0 Å². The lowest BCUT2D eigenvalue weighted by molar-refractivity contribution is -0.150. The first-order valence-corrected chi connectivity index (χ1v) is 15.8. The number of carbonyl (C=O) groups excluding carboxylic acids is 1. The van der Waals surface area contributed by atoms with Gasteiger partial charge in [-0.2, -0.15) is 0 Å². The summed E-state index contributed by atoms with van der Waals surface area (Å²) in [5, 5.41) is 1.48. The molecule has 1 aliphatic rings. The van der Waals surface area contributed by atoms with Gasteiger partial charge in [-0.05, 0) is 25.1 Å². The van der Waals surface area contributed by atoms with Crippen molar-refractivity contribution in [1.82, 2.24) is 0 Å². The van der Waals surface area contributed by atoms with E-state index in [9.17, 15) is 4.79 Å². The molecule has 0 spiro atoms. The van der Waals surface area contributed by atoms with Gasteiger partial charge >= 0.3 is 5.97 Å². The number of benzene rings is 1. The molecule has 1 fully saturated rings. The van der Waals surface area contributed by atoms with Gasteiger partial charge in [0.15, 0.2) is 8.32 Å². The van der Waals surface area contributed by atoms with Crippen molar-refractivity contribution in [3.63, 3.8) is 0 Å². The van der Waals surface area contributed by atoms with E-state index in [1.807, 2.05) is 6.92 Å². The van der Waals surface area contributed by atoms with Crippen LogP contribution < -0.4 is 5.19 Å². The van der Waals surface area contributed by atoms with Gasteiger partial charge in [0.1, 0.15) is 19.3 Å². The van der Waals surface area contributed by atoms with Crippen LogP contribution >= 0.6 is 0 Å². The fourth-order valence-corrected chi connectivity index (χ4v) is 6.73. The van der Waals surface area contributed by atoms with E-state index in [2.05, 4.69) is 89.1 Å². The molecule has 27 heavy (non-hydrogen) atoms. The Bertz CT molecular complexity index is 719. The van der Waals surface area contributed by atoms with E-state index >= 15 is 0 Å². The van der Waals surface area contributed by atoms with Gasteiger partial charge in [-0.25, -0.2) is 0 Å². The molecule has 5 heteroatoms. The fraction of sp³-hybridized carbons (Fsp3) is 0.591. The third-order valence-corrected chi connectivity index (χ3v) is 13.6. The van der Waals surface area contributed by atoms with Gasteiger partial charge in [0.05, 0.1) is 0 Å². The Balaban J connectivity index is 2.37. The zero-order valence-corrected chi connectivity index (χ0v) is 20.5. The van der Waals surface area contributed by atoms with Crippen molar-refractivity contribution in [3.8, 4) is 0 Å². The number of ether oxygens (including phenoxy) is 1. The Morgan fingerprint density at radius 1 is 1.11 bits per heavy atom. The minimum absolute atomic E-state index is 0.0972. The summed E-state index contributed by atoms with van der Waals surface area (Å²) in [6.45, 7) is 19.4. The zero-order chi connectivity index (χ0) is 20.7. The Hall–Kier alpha value is -1.18. The van der Waals surface area contributed by atoms with Crippen LogP contribution in [0.3, 0.4) is 0 Å². The molecule has 0 heterocycles. The van der Waals surface area contributed by atoms with Crippen molar-refractivity contribution in [2.24, 2.45) is 0 Å². The average Bonchev–Trinajstić information content (AvgIpc) is 3.06. The predicted octanol–water partition coefficient (Wildman–Crippen LogP) is 5.18. The van der Waals surface area contributed by atoms with Crippen molar-refractivity contribution in [2.75, 3.05) is 0 Å². The third kappa shape index (κ3) is 4.63. The Morgan fingerprint density at radius 3 is 2.15 bits per heavy atom. The molecular weight excluding hydrogens is 368 g/mol. The summed E-state index contributed by atoms with van der Waals surface area (Å²) in [7, 11) is -3.78. The highest BCUT2D eigenvalue weighted by Crippen LogP contribution is 2.58. The molecule has 2 atom stereocenters. The molecule has 1 aliphatic carbocycles. The summed E-state index contributed by atoms with van der Waals surface area (Å²) in [6, 6.07) is 10.7. The van der Waals surface area contributed by atoms with Gasteiger partial charge in [-0.15, -0.1) is 0 Å². The lowest BCUT2D eigenvalue weighted by Crippen LogP contribution is -2.47. The third-order valence-electron chi connectivity index (χ3n) is 6.27. The van der Waals surface area contributed by atoms with Gasteiger partial charge < -0.3 is 9.16 Å². The van der Waals surface area contributed by atoms with E-state index in [0.717, 1.165) is 6.42 Å². The van der Waals surface area contributed by atoms with Gasteiger partial charge in [-0.3, -0.25) is 4.79 Å². The molecule has 1 aromatic rings. The molecule has 1 unspecified atom stereocenters. The molecule has 2 rings (SSSR count). The normalized spacial score (nSPS) is 26.3. The topological polar surface area (TPSA) is 35.5 Å². The summed E-state index contributed by atoms with van der Waals surface area (Å²) >= 11 is 0. The molecule has 1 saturated carbocycles. The molecule has 0 aliphatic heterocycles. The highest BCUT2D eigenvalue weighted by Gasteiger charge is 2.69. The van der Waals surface area contributed by atoms with Gasteiger partial charge in [0, 0.05) is 13.3 Å². The largest absolute Gasteiger partial charge is 0.456 e. The van der Waals surface area contributed by atoms with Crippen LogP contribution in [0.25, 0.3) is 0 Å². The molecule has 0 bridgehead atoms. The minimum Gasteiger partial charge on any atom is -0.456 e. The molecular formula is C22H36O3Si2. The summed E-state index contributed by atoms with van der Waals surface area (Å²) < 4.78 is 12.6. The van der Waals surface area contributed by atoms with Crippen LogP contribution in [0.5, 0.6) is 0 Å². The zero-order valence-electron chi connectivity index (χ0n) is 18.5. The van der Waals surface area contributed by atoms with E-state index in [1.165, 1.54) is 12.1 Å². The van der Waals surface area contributed by atoms with Crippen LogP contribution in [-0.4, -0.2) is 33.6 Å². The molecule has 0 aromatic heterocycles. The van der Waals surface area contributed by atoms with Crippen molar-refractivity contribution >= 4 is 27.5 Å². The summed E-state index contributed by atoms with van der Waals surface area (Å²) in [6.07, 6.45) is 2.94. The first-order valence-electron chi connectivity index (χ1n) is 9.80. The molecule has 0 radical (unpaired) electrons. The van der Waals surface area contributed by atoms with E-state index in [-0.39, 0.29) is 11.0 Å². The summed E-state index contributed by atoms with van der Waals surface area (Å²) in [5.74, 6) is -0.244. The van der Waals surface area contributed by atoms with Crippen molar-refractivity contribution in [1.29, 1.82) is 0 Å². The number of hydrogen-bond acceptors (Lipinski definition) is 3. The van der Waals surface area contributed by atoms with Crippen LogP contribution in [0.1, 0.15) is 41.0 Å². The summed E-state index contributed by atoms with van der Waals surface area (Å²) in [5.41, 5.74) is 1.26. The first-order chi connectivity index (χ1) is 12.1. The maximum Gasteiger partial charge on any atom is 0.303 e. The predicted molar refractivity (Wildman–Crippen MR) is 118 cm³/mol. The van der Waals surface area contributed by atoms with Crippen LogP contribution in [0.4, 0.5) is 0 Å². The van der Waals surface area contributed by atoms with E-state index in [1.54, 1.807) is 0 Å². The van der Waals surface area contributed by atoms with Crippen LogP contribution in [0.15, 0.2) is 42.1 Å². The van der Waals surface area contributed by atoms with Gasteiger partial charge in [0.2, 0.25) is 0 Å². The molecule has 150 valence electrons. The van der Waals surface area contributed by atoms with E-state index < -0.39 is 27.6 Å². The second kappa shape index (κ2) is 7.01. The molecule has 0 amide bonds. The lowest BCUT2D eigenvalue weighted by atomic mass is 10.2. The standard InChI is InChI=1S/C22H36O3Si2/c1-18(23)24-21(5)17-22(21,25-27(8,9)20(2,3)4)15-16-26(6,7)19-13-11-10-12-14-19/h10-16H,17H2,1-9H3/b16-15+/t21?,22-/m1/s1. The molecule has 0 N–H and O–H groups in total. The van der Waals surface area contributed by atoms with Crippen LogP contribution in [0.2, 0.25) is 31.2 Å². The number of carbonyl (C=O) groups is 1. The highest BCUT2D eigenvalue weighted by molar-refractivity contribution is 6.94. The number of hydrogen-bond donors (Lipinski definition) is 0. The van der Waals surface area contributed by atoms with E-state index in [4.69, 9.17) is 9.16 Å². The highest BCUT2D eigenvalue weighted by atomic mass is 28.4. The van der Waals surface area contributed by atoms with Crippen molar-refractivity contribution in [3.05, 3.63) is 42.1 Å². The van der Waals surface area contributed by atoms with Gasteiger partial charge in [0.25, 0.3) is 0 Å². The fourth-order valence-electron chi connectivity index (χ4n) is 3.23. The Labute approximate surface area is 167 Å². The quantitative estimate of drug-likeness (QED) is 0.484. The maximum atomic E-state index is 11.7. The summed E-state index contributed by atoms with van der Waals surface area (Å²) in [4.78, 5) is 11.7. The van der Waals surface area contributed by atoms with Crippen LogP contribution in [-0.2, 0) is 14.0 Å². The second-order valence-electron chi connectivity index (χ2n) is 10.2. The second-order valence-corrected chi connectivity index (χ2v) is 19.3. The van der Waals surface area contributed by atoms with Crippen LogP contribution in [0, 0.1) is 0 Å². The number of esters is 1. The maximum absolute atomic E-state index is 11.7.